The van der Waals surface area contributed by atoms with Crippen molar-refractivity contribution < 1.29 is 4.79 Å². The van der Waals surface area contributed by atoms with Gasteiger partial charge in [-0.25, -0.2) is 4.99 Å². The maximum Gasteiger partial charge on any atom is 0.239 e. The van der Waals surface area contributed by atoms with Crippen LogP contribution < -0.4 is 16.0 Å². The molecule has 3 N–H and O–H groups in total. The van der Waals surface area contributed by atoms with Crippen LogP contribution in [0.2, 0.25) is 10.2 Å². The van der Waals surface area contributed by atoms with Crippen molar-refractivity contribution in [3.05, 3.63) is 21.9 Å². The molecule has 0 unspecified atom stereocenters. The van der Waals surface area contributed by atoms with Crippen molar-refractivity contribution >= 4 is 35.1 Å². The van der Waals surface area contributed by atoms with Crippen molar-refractivity contribution in [1.29, 1.82) is 0 Å². The van der Waals surface area contributed by atoms with Gasteiger partial charge in [0.1, 0.15) is 5.15 Å². The standard InChI is InChI=1S/C17H27Cl2N5O/c1-3-20-17(21-10-13-9-14(18)16(19)24(13)2)22-11-15(25)23-12-7-5-4-6-8-12/h9,12H,3-8,10-11H2,1-2H3,(H,23,25)(H2,20,21,22). The SMILES string of the molecule is CCNC(=NCc1cc(Cl)c(Cl)n1C)NCC(=O)NC1CCCCC1. The maximum absolute atomic E-state index is 12.1. The number of rotatable bonds is 6. The van der Waals surface area contributed by atoms with E-state index in [1.165, 1.54) is 19.3 Å². The molecule has 1 heterocycles. The molecule has 0 radical (unpaired) electrons. The molecule has 2 rings (SSSR count). The van der Waals surface area contributed by atoms with Crippen molar-refractivity contribution in [1.82, 2.24) is 20.5 Å². The van der Waals surface area contributed by atoms with Gasteiger partial charge in [-0.2, -0.15) is 0 Å². The minimum Gasteiger partial charge on any atom is -0.357 e. The third-order valence-corrected chi connectivity index (χ3v) is 5.19. The minimum atomic E-state index is 0.00228. The molecule has 8 heteroatoms. The van der Waals surface area contributed by atoms with Crippen LogP contribution in [-0.4, -0.2) is 35.6 Å². The number of aliphatic imine (C=N–C) groups is 1. The van der Waals surface area contributed by atoms with Gasteiger partial charge in [0.2, 0.25) is 5.91 Å². The lowest BCUT2D eigenvalue weighted by molar-refractivity contribution is -0.120. The van der Waals surface area contributed by atoms with Gasteiger partial charge in [0.15, 0.2) is 5.96 Å². The third-order valence-electron chi connectivity index (χ3n) is 4.35. The summed E-state index contributed by atoms with van der Waals surface area (Å²) < 4.78 is 1.80. The van der Waals surface area contributed by atoms with Gasteiger partial charge in [-0.3, -0.25) is 4.79 Å². The average molecular weight is 388 g/mol. The normalized spacial score (nSPS) is 15.9. The summed E-state index contributed by atoms with van der Waals surface area (Å²) in [6.45, 7) is 3.32. The summed E-state index contributed by atoms with van der Waals surface area (Å²) >= 11 is 12.1. The van der Waals surface area contributed by atoms with Crippen LogP contribution in [0.4, 0.5) is 0 Å². The monoisotopic (exact) mass is 387 g/mol. The number of aromatic nitrogens is 1. The molecule has 1 aromatic rings. The molecule has 25 heavy (non-hydrogen) atoms. The number of guanidine groups is 1. The molecule has 0 atom stereocenters. The molecular weight excluding hydrogens is 361 g/mol. The van der Waals surface area contributed by atoms with Gasteiger partial charge >= 0.3 is 0 Å². The molecule has 1 saturated carbocycles. The van der Waals surface area contributed by atoms with E-state index >= 15 is 0 Å². The molecule has 0 aliphatic heterocycles. The lowest BCUT2D eigenvalue weighted by Gasteiger charge is -2.23. The Morgan fingerprint density at radius 2 is 2.00 bits per heavy atom. The predicted octanol–water partition coefficient (Wildman–Crippen LogP) is 2.84. The first-order chi connectivity index (χ1) is 12.0. The van der Waals surface area contributed by atoms with Crippen molar-refractivity contribution in [2.24, 2.45) is 12.0 Å². The molecule has 6 nitrogen and oxygen atoms in total. The van der Waals surface area contributed by atoms with E-state index in [0.29, 0.717) is 35.3 Å². The Morgan fingerprint density at radius 3 is 2.60 bits per heavy atom. The molecule has 0 bridgehead atoms. The number of carbonyl (C=O) groups is 1. The van der Waals surface area contributed by atoms with E-state index in [2.05, 4.69) is 20.9 Å². The fourth-order valence-electron chi connectivity index (χ4n) is 2.93. The second-order valence-electron chi connectivity index (χ2n) is 6.28. The van der Waals surface area contributed by atoms with Crippen LogP contribution in [0.3, 0.4) is 0 Å². The van der Waals surface area contributed by atoms with Gasteiger partial charge < -0.3 is 20.5 Å². The molecule has 1 aliphatic carbocycles. The van der Waals surface area contributed by atoms with E-state index in [4.69, 9.17) is 23.2 Å². The molecule has 0 spiro atoms. The molecule has 0 aromatic carbocycles. The van der Waals surface area contributed by atoms with Crippen molar-refractivity contribution in [2.75, 3.05) is 13.1 Å². The lowest BCUT2D eigenvalue weighted by Crippen LogP contribution is -2.46. The summed E-state index contributed by atoms with van der Waals surface area (Å²) in [6.07, 6.45) is 5.83. The van der Waals surface area contributed by atoms with Crippen molar-refractivity contribution in [3.8, 4) is 0 Å². The number of hydrogen-bond acceptors (Lipinski definition) is 2. The van der Waals surface area contributed by atoms with Crippen LogP contribution in [0.25, 0.3) is 0 Å². The summed E-state index contributed by atoms with van der Waals surface area (Å²) in [5, 5.41) is 10.3. The number of nitrogens with zero attached hydrogens (tertiary/aromatic N) is 2. The van der Waals surface area contributed by atoms with Crippen LogP contribution >= 0.6 is 23.2 Å². The van der Waals surface area contributed by atoms with Crippen LogP contribution in [0.5, 0.6) is 0 Å². The third kappa shape index (κ3) is 6.12. The molecule has 1 amide bonds. The molecular formula is C17H27Cl2N5O. The minimum absolute atomic E-state index is 0.00228. The Balaban J connectivity index is 1.86. The topological polar surface area (TPSA) is 70.5 Å². The zero-order chi connectivity index (χ0) is 18.2. The number of amides is 1. The average Bonchev–Trinajstić information content (AvgIpc) is 2.85. The van der Waals surface area contributed by atoms with E-state index in [1.54, 1.807) is 10.6 Å². The van der Waals surface area contributed by atoms with Gasteiger partial charge in [0, 0.05) is 25.3 Å². The predicted molar refractivity (Wildman–Crippen MR) is 103 cm³/mol. The zero-order valence-corrected chi connectivity index (χ0v) is 16.4. The van der Waals surface area contributed by atoms with Crippen LogP contribution in [-0.2, 0) is 18.4 Å². The highest BCUT2D eigenvalue weighted by Crippen LogP contribution is 2.25. The number of halogens is 2. The largest absolute Gasteiger partial charge is 0.357 e. The molecule has 140 valence electrons. The van der Waals surface area contributed by atoms with Crippen LogP contribution in [0.1, 0.15) is 44.7 Å². The molecule has 1 fully saturated rings. The number of hydrogen-bond donors (Lipinski definition) is 3. The first-order valence-electron chi connectivity index (χ1n) is 8.82. The lowest BCUT2D eigenvalue weighted by atomic mass is 9.95. The van der Waals surface area contributed by atoms with Gasteiger partial charge in [-0.15, -0.1) is 0 Å². The van der Waals surface area contributed by atoms with Crippen LogP contribution in [0, 0.1) is 0 Å². The summed E-state index contributed by atoms with van der Waals surface area (Å²) in [5.41, 5.74) is 0.902. The maximum atomic E-state index is 12.1. The van der Waals surface area contributed by atoms with E-state index in [9.17, 15) is 4.79 Å². The highest BCUT2D eigenvalue weighted by Gasteiger charge is 2.15. The zero-order valence-electron chi connectivity index (χ0n) is 14.9. The van der Waals surface area contributed by atoms with Crippen molar-refractivity contribution in [3.63, 3.8) is 0 Å². The van der Waals surface area contributed by atoms with E-state index < -0.39 is 0 Å². The van der Waals surface area contributed by atoms with Gasteiger partial charge in [0.25, 0.3) is 0 Å². The van der Waals surface area contributed by atoms with E-state index in [1.807, 2.05) is 14.0 Å². The number of nitrogens with one attached hydrogen (secondary N) is 3. The van der Waals surface area contributed by atoms with E-state index in [-0.39, 0.29) is 12.5 Å². The first kappa shape index (κ1) is 19.9. The van der Waals surface area contributed by atoms with Gasteiger partial charge in [0.05, 0.1) is 18.1 Å². The van der Waals surface area contributed by atoms with Crippen LogP contribution in [0.15, 0.2) is 11.1 Å². The highest BCUT2D eigenvalue weighted by atomic mass is 35.5. The first-order valence-corrected chi connectivity index (χ1v) is 9.58. The second-order valence-corrected chi connectivity index (χ2v) is 7.05. The Kier molecular flexibility index (Phi) is 7.90. The summed E-state index contributed by atoms with van der Waals surface area (Å²) in [6, 6.07) is 2.11. The molecule has 0 saturated heterocycles. The quantitative estimate of drug-likeness (QED) is 0.519. The fraction of sp³-hybridized carbons (Fsp3) is 0.647. The summed E-state index contributed by atoms with van der Waals surface area (Å²) in [5.74, 6) is 0.595. The Labute approximate surface area is 159 Å². The Morgan fingerprint density at radius 1 is 1.28 bits per heavy atom. The smallest absolute Gasteiger partial charge is 0.239 e. The van der Waals surface area contributed by atoms with Crippen molar-refractivity contribution in [2.45, 2.75) is 51.6 Å². The Hall–Kier alpha value is -1.40. The Bertz CT molecular complexity index is 608. The summed E-state index contributed by atoms with van der Waals surface area (Å²) in [7, 11) is 1.84. The second kappa shape index (κ2) is 9.92. The highest BCUT2D eigenvalue weighted by molar-refractivity contribution is 6.41. The molecule has 1 aliphatic rings. The summed E-state index contributed by atoms with van der Waals surface area (Å²) in [4.78, 5) is 16.6. The van der Waals surface area contributed by atoms with E-state index in [0.717, 1.165) is 18.5 Å². The van der Waals surface area contributed by atoms with Gasteiger partial charge in [-0.05, 0) is 25.8 Å². The molecule has 1 aromatic heterocycles. The number of carbonyl (C=O) groups excluding carboxylic acids is 1. The van der Waals surface area contributed by atoms with Gasteiger partial charge in [-0.1, -0.05) is 42.5 Å². The fourth-order valence-corrected chi connectivity index (χ4v) is 3.35.